The lowest BCUT2D eigenvalue weighted by molar-refractivity contribution is -0.385. The van der Waals surface area contributed by atoms with Crippen molar-refractivity contribution in [2.75, 3.05) is 0 Å². The molecule has 0 aliphatic rings. The van der Waals surface area contributed by atoms with E-state index in [1.165, 1.54) is 24.5 Å². The number of aromatic nitrogens is 1. The number of carbonyl (C=O) groups is 1. The normalized spacial score (nSPS) is 11.2. The largest absolute Gasteiger partial charge is 0.416 e. The van der Waals surface area contributed by atoms with Gasteiger partial charge >= 0.3 is 6.18 Å². The van der Waals surface area contributed by atoms with Crippen molar-refractivity contribution in [3.63, 3.8) is 0 Å². The summed E-state index contributed by atoms with van der Waals surface area (Å²) in [4.78, 5) is 25.7. The van der Waals surface area contributed by atoms with E-state index in [1.807, 2.05) is 0 Å². The number of nitro benzene ring substituents is 1. The molecule has 0 aliphatic carbocycles. The summed E-state index contributed by atoms with van der Waals surface area (Å²) in [5.41, 5.74) is -2.43. The molecule has 0 unspecified atom stereocenters. The minimum Gasteiger partial charge on any atom is -0.288 e. The third kappa shape index (κ3) is 3.04. The first-order chi connectivity index (χ1) is 9.80. The molecule has 0 saturated carbocycles. The van der Waals surface area contributed by atoms with Crippen LogP contribution >= 0.6 is 0 Å². The molecule has 0 saturated heterocycles. The van der Waals surface area contributed by atoms with Crippen LogP contribution in [0.25, 0.3) is 0 Å². The van der Waals surface area contributed by atoms with E-state index in [4.69, 9.17) is 0 Å². The molecule has 21 heavy (non-hydrogen) atoms. The topological polar surface area (TPSA) is 73.1 Å². The minimum atomic E-state index is -4.72. The molecule has 0 spiro atoms. The molecule has 2 rings (SSSR count). The summed E-state index contributed by atoms with van der Waals surface area (Å²) >= 11 is 0. The van der Waals surface area contributed by atoms with Crippen LogP contribution in [0.2, 0.25) is 0 Å². The molecule has 1 heterocycles. The van der Waals surface area contributed by atoms with Gasteiger partial charge in [0, 0.05) is 24.0 Å². The van der Waals surface area contributed by atoms with Crippen molar-refractivity contribution in [2.24, 2.45) is 0 Å². The van der Waals surface area contributed by atoms with Crippen LogP contribution < -0.4 is 0 Å². The number of carbonyl (C=O) groups excluding carboxylic acids is 1. The first-order valence-corrected chi connectivity index (χ1v) is 5.61. The molecule has 108 valence electrons. The third-order valence-corrected chi connectivity index (χ3v) is 2.69. The number of rotatable bonds is 3. The lowest BCUT2D eigenvalue weighted by Crippen LogP contribution is -2.10. The second kappa shape index (κ2) is 5.31. The zero-order valence-electron chi connectivity index (χ0n) is 10.3. The molecule has 0 radical (unpaired) electrons. The van der Waals surface area contributed by atoms with Crippen LogP contribution in [0.15, 0.2) is 42.7 Å². The van der Waals surface area contributed by atoms with Gasteiger partial charge in [-0.15, -0.1) is 0 Å². The fraction of sp³-hybridized carbons (Fsp3) is 0.0769. The Morgan fingerprint density at radius 1 is 1.24 bits per heavy atom. The summed E-state index contributed by atoms with van der Waals surface area (Å²) in [6.07, 6.45) is -2.14. The van der Waals surface area contributed by atoms with Gasteiger partial charge in [-0.3, -0.25) is 19.9 Å². The van der Waals surface area contributed by atoms with Gasteiger partial charge in [-0.1, -0.05) is 0 Å². The Hall–Kier alpha value is -2.77. The van der Waals surface area contributed by atoms with Crippen molar-refractivity contribution < 1.29 is 22.9 Å². The maximum Gasteiger partial charge on any atom is 0.416 e. The number of hydrogen-bond acceptors (Lipinski definition) is 4. The van der Waals surface area contributed by atoms with Crippen LogP contribution in [0.4, 0.5) is 18.9 Å². The van der Waals surface area contributed by atoms with Crippen molar-refractivity contribution in [3.8, 4) is 0 Å². The summed E-state index contributed by atoms with van der Waals surface area (Å²) < 4.78 is 37.7. The Labute approximate surface area is 116 Å². The summed E-state index contributed by atoms with van der Waals surface area (Å²) in [7, 11) is 0. The van der Waals surface area contributed by atoms with Crippen LogP contribution in [-0.4, -0.2) is 15.7 Å². The highest BCUT2D eigenvalue weighted by Gasteiger charge is 2.34. The van der Waals surface area contributed by atoms with E-state index in [2.05, 4.69) is 4.98 Å². The van der Waals surface area contributed by atoms with Crippen LogP contribution in [0, 0.1) is 10.1 Å². The average Bonchev–Trinajstić information content (AvgIpc) is 2.45. The quantitative estimate of drug-likeness (QED) is 0.495. The first kappa shape index (κ1) is 14.6. The second-order valence-corrected chi connectivity index (χ2v) is 4.06. The Kier molecular flexibility index (Phi) is 3.70. The number of halogens is 3. The van der Waals surface area contributed by atoms with E-state index in [0.29, 0.717) is 12.1 Å². The van der Waals surface area contributed by atoms with Gasteiger partial charge in [-0.05, 0) is 24.3 Å². The lowest BCUT2D eigenvalue weighted by atomic mass is 10.0. The zero-order chi connectivity index (χ0) is 15.6. The molecule has 5 nitrogen and oxygen atoms in total. The molecule has 8 heteroatoms. The fourth-order valence-corrected chi connectivity index (χ4v) is 1.70. The summed E-state index contributed by atoms with van der Waals surface area (Å²) in [5, 5.41) is 10.9. The molecule has 1 aromatic heterocycles. The van der Waals surface area contributed by atoms with Gasteiger partial charge in [-0.2, -0.15) is 13.2 Å². The molecule has 0 atom stereocenters. The summed E-state index contributed by atoms with van der Waals surface area (Å²) in [6, 6.07) is 4.61. The van der Waals surface area contributed by atoms with Crippen molar-refractivity contribution >= 4 is 11.5 Å². The van der Waals surface area contributed by atoms with E-state index >= 15 is 0 Å². The van der Waals surface area contributed by atoms with Crippen molar-refractivity contribution in [1.29, 1.82) is 0 Å². The fourth-order valence-electron chi connectivity index (χ4n) is 1.70. The molecule has 0 N–H and O–H groups in total. The van der Waals surface area contributed by atoms with E-state index in [-0.39, 0.29) is 5.56 Å². The lowest BCUT2D eigenvalue weighted by Gasteiger charge is -2.08. The highest BCUT2D eigenvalue weighted by molar-refractivity contribution is 6.11. The van der Waals surface area contributed by atoms with E-state index in [0.717, 1.165) is 6.07 Å². The zero-order valence-corrected chi connectivity index (χ0v) is 10.3. The predicted octanol–water partition coefficient (Wildman–Crippen LogP) is 3.24. The van der Waals surface area contributed by atoms with Crippen LogP contribution in [0.3, 0.4) is 0 Å². The Balaban J connectivity index is 2.54. The standard InChI is InChI=1S/C13H7F3N2O3/c14-13(15,16)9-3-4-10(11(6-9)18(20)21)12(19)8-2-1-5-17-7-8/h1-7H. The van der Waals surface area contributed by atoms with Gasteiger partial charge in [0.15, 0.2) is 0 Å². The van der Waals surface area contributed by atoms with Crippen LogP contribution in [0.1, 0.15) is 21.5 Å². The molecular formula is C13H7F3N2O3. The maximum absolute atomic E-state index is 12.6. The Bertz CT molecular complexity index is 700. The van der Waals surface area contributed by atoms with Crippen molar-refractivity contribution in [2.45, 2.75) is 6.18 Å². The number of benzene rings is 1. The highest BCUT2D eigenvalue weighted by atomic mass is 19.4. The number of ketones is 1. The van der Waals surface area contributed by atoms with Gasteiger partial charge < -0.3 is 0 Å². The molecule has 0 fully saturated rings. The molecule has 0 bridgehead atoms. The van der Waals surface area contributed by atoms with Crippen LogP contribution in [0.5, 0.6) is 0 Å². The smallest absolute Gasteiger partial charge is 0.288 e. The molecule has 0 amide bonds. The second-order valence-electron chi connectivity index (χ2n) is 4.06. The Morgan fingerprint density at radius 2 is 1.95 bits per heavy atom. The van der Waals surface area contributed by atoms with Gasteiger partial charge in [0.25, 0.3) is 5.69 Å². The van der Waals surface area contributed by atoms with Crippen molar-refractivity contribution in [3.05, 3.63) is 69.5 Å². The molecule has 0 aliphatic heterocycles. The van der Waals surface area contributed by atoms with E-state index in [9.17, 15) is 28.1 Å². The average molecular weight is 296 g/mol. The van der Waals surface area contributed by atoms with Gasteiger partial charge in [-0.25, -0.2) is 0 Å². The minimum absolute atomic E-state index is 0.0559. The monoisotopic (exact) mass is 296 g/mol. The number of nitrogens with zero attached hydrogens (tertiary/aromatic N) is 2. The first-order valence-electron chi connectivity index (χ1n) is 5.61. The molecular weight excluding hydrogens is 289 g/mol. The number of pyridine rings is 1. The van der Waals surface area contributed by atoms with Crippen LogP contribution in [-0.2, 0) is 6.18 Å². The SMILES string of the molecule is O=C(c1cccnc1)c1ccc(C(F)(F)F)cc1[N+](=O)[O-]. The third-order valence-electron chi connectivity index (χ3n) is 2.69. The molecule has 2 aromatic rings. The number of nitro groups is 1. The highest BCUT2D eigenvalue weighted by Crippen LogP contribution is 2.33. The van der Waals surface area contributed by atoms with E-state index < -0.39 is 33.7 Å². The Morgan fingerprint density at radius 3 is 2.48 bits per heavy atom. The number of alkyl halides is 3. The van der Waals surface area contributed by atoms with Gasteiger partial charge in [0.1, 0.15) is 5.56 Å². The van der Waals surface area contributed by atoms with Crippen molar-refractivity contribution in [1.82, 2.24) is 4.98 Å². The van der Waals surface area contributed by atoms with E-state index in [1.54, 1.807) is 0 Å². The number of hydrogen-bond donors (Lipinski definition) is 0. The van der Waals surface area contributed by atoms with Gasteiger partial charge in [0.05, 0.1) is 10.5 Å². The maximum atomic E-state index is 12.6. The summed E-state index contributed by atoms with van der Waals surface area (Å²) in [6.45, 7) is 0. The molecule has 1 aromatic carbocycles. The van der Waals surface area contributed by atoms with Gasteiger partial charge in [0.2, 0.25) is 5.78 Å². The predicted molar refractivity (Wildman–Crippen MR) is 65.8 cm³/mol. The summed E-state index contributed by atoms with van der Waals surface area (Å²) in [5.74, 6) is -0.761.